The fourth-order valence-electron chi connectivity index (χ4n) is 2.47. The van der Waals surface area contributed by atoms with Gasteiger partial charge in [-0.15, -0.1) is 22.7 Å². The maximum atomic E-state index is 12.5. The number of nitrogens with zero attached hydrogens (tertiary/aromatic N) is 2. The number of ketones is 1. The molecule has 26 heavy (non-hydrogen) atoms. The molecule has 0 saturated carbocycles. The molecule has 4 rings (SSSR count). The number of hydrogen-bond acceptors (Lipinski definition) is 7. The van der Waals surface area contributed by atoms with Gasteiger partial charge in [-0.2, -0.15) is 0 Å². The smallest absolute Gasteiger partial charge is 0.275 e. The van der Waals surface area contributed by atoms with Crippen molar-refractivity contribution >= 4 is 59.7 Å². The molecule has 0 spiro atoms. The summed E-state index contributed by atoms with van der Waals surface area (Å²) in [4.78, 5) is 29.8. The minimum absolute atomic E-state index is 0.137. The van der Waals surface area contributed by atoms with Gasteiger partial charge in [0.05, 0.1) is 15.3 Å². The Hall–Kier alpha value is -2.56. The third-order valence-corrected chi connectivity index (χ3v) is 6.84. The SMILES string of the molecule is CC(=O)c1cccc(S(=O)(=O)NC(=O)c2cc3c(nc4sccn43)s2)c1. The first-order valence-corrected chi connectivity index (χ1v) is 10.6. The number of carbonyl (C=O) groups excluding carboxylic acids is 2. The average molecular weight is 405 g/mol. The van der Waals surface area contributed by atoms with Gasteiger partial charge in [-0.3, -0.25) is 14.0 Å². The molecule has 0 fully saturated rings. The number of thiazole rings is 1. The zero-order valence-electron chi connectivity index (χ0n) is 13.3. The van der Waals surface area contributed by atoms with Crippen LogP contribution in [0.15, 0.2) is 46.8 Å². The summed E-state index contributed by atoms with van der Waals surface area (Å²) in [5.74, 6) is -0.988. The number of amides is 1. The summed E-state index contributed by atoms with van der Waals surface area (Å²) in [6, 6.07) is 7.17. The van der Waals surface area contributed by atoms with Gasteiger partial charge in [0.25, 0.3) is 15.9 Å². The summed E-state index contributed by atoms with van der Waals surface area (Å²) in [7, 11) is -4.09. The molecule has 3 heterocycles. The number of thiophene rings is 1. The molecule has 0 aliphatic heterocycles. The topological polar surface area (TPSA) is 97.6 Å². The van der Waals surface area contributed by atoms with Crippen molar-refractivity contribution in [3.63, 3.8) is 0 Å². The van der Waals surface area contributed by atoms with Crippen molar-refractivity contribution in [2.45, 2.75) is 11.8 Å². The minimum atomic E-state index is -4.09. The Balaban J connectivity index is 1.65. The summed E-state index contributed by atoms with van der Waals surface area (Å²) in [5, 5.41) is 1.88. The van der Waals surface area contributed by atoms with E-state index in [0.717, 1.165) is 21.8 Å². The van der Waals surface area contributed by atoms with Crippen LogP contribution in [0.1, 0.15) is 27.0 Å². The largest absolute Gasteiger partial charge is 0.295 e. The summed E-state index contributed by atoms with van der Waals surface area (Å²) in [5.41, 5.74) is 1.02. The summed E-state index contributed by atoms with van der Waals surface area (Å²) in [6.07, 6.45) is 1.84. The van der Waals surface area contributed by atoms with Crippen molar-refractivity contribution in [3.8, 4) is 0 Å². The van der Waals surface area contributed by atoms with Crippen LogP contribution >= 0.6 is 22.7 Å². The van der Waals surface area contributed by atoms with E-state index in [1.165, 1.54) is 42.5 Å². The van der Waals surface area contributed by atoms with E-state index in [4.69, 9.17) is 0 Å². The monoisotopic (exact) mass is 405 g/mol. The molecule has 0 saturated heterocycles. The molecule has 0 aliphatic carbocycles. The molecule has 7 nitrogen and oxygen atoms in total. The standard InChI is InChI=1S/C16H11N3O4S3/c1-9(20)10-3-2-4-11(7-10)26(22,23)18-14(21)13-8-12-15(25-13)17-16-19(12)5-6-24-16/h2-8H,1H3,(H,18,21). The zero-order valence-corrected chi connectivity index (χ0v) is 15.7. The second-order valence-corrected chi connectivity index (χ2v) is 9.07. The van der Waals surface area contributed by atoms with Crippen LogP contribution in [0.25, 0.3) is 15.3 Å². The summed E-state index contributed by atoms with van der Waals surface area (Å²) in [6.45, 7) is 1.34. The van der Waals surface area contributed by atoms with E-state index in [-0.39, 0.29) is 21.1 Å². The van der Waals surface area contributed by atoms with Crippen LogP contribution in [0.4, 0.5) is 0 Å². The van der Waals surface area contributed by atoms with Gasteiger partial charge in [-0.1, -0.05) is 12.1 Å². The van der Waals surface area contributed by atoms with Crippen LogP contribution in [0.5, 0.6) is 0 Å². The predicted molar refractivity (Wildman–Crippen MR) is 99.6 cm³/mol. The molecule has 0 aliphatic rings. The number of carbonyl (C=O) groups is 2. The fourth-order valence-corrected chi connectivity index (χ4v) is 5.24. The number of aromatic nitrogens is 2. The van der Waals surface area contributed by atoms with Gasteiger partial charge in [0.1, 0.15) is 4.83 Å². The quantitative estimate of drug-likeness (QED) is 0.527. The first kappa shape index (κ1) is 16.9. The van der Waals surface area contributed by atoms with Crippen LogP contribution in [-0.2, 0) is 10.0 Å². The van der Waals surface area contributed by atoms with E-state index in [1.54, 1.807) is 6.07 Å². The van der Waals surface area contributed by atoms with Gasteiger partial charge in [0.15, 0.2) is 10.7 Å². The molecule has 4 aromatic rings. The van der Waals surface area contributed by atoms with Gasteiger partial charge < -0.3 is 0 Å². The lowest BCUT2D eigenvalue weighted by molar-refractivity contribution is 0.0983. The molecular weight excluding hydrogens is 394 g/mol. The first-order valence-electron chi connectivity index (χ1n) is 7.38. The highest BCUT2D eigenvalue weighted by atomic mass is 32.2. The molecule has 0 bridgehead atoms. The van der Waals surface area contributed by atoms with Gasteiger partial charge >= 0.3 is 0 Å². The molecule has 1 amide bonds. The number of rotatable bonds is 4. The lowest BCUT2D eigenvalue weighted by Crippen LogP contribution is -2.30. The van der Waals surface area contributed by atoms with Gasteiger partial charge in [-0.05, 0) is 25.1 Å². The van der Waals surface area contributed by atoms with E-state index in [2.05, 4.69) is 4.98 Å². The Bertz CT molecular complexity index is 1280. The molecule has 0 radical (unpaired) electrons. The molecule has 10 heteroatoms. The van der Waals surface area contributed by atoms with Gasteiger partial charge in [0.2, 0.25) is 0 Å². The number of hydrogen-bond donors (Lipinski definition) is 1. The molecule has 0 atom stereocenters. The number of nitrogens with one attached hydrogen (secondary N) is 1. The van der Waals surface area contributed by atoms with Crippen molar-refractivity contribution in [1.82, 2.24) is 14.1 Å². The summed E-state index contributed by atoms with van der Waals surface area (Å²) >= 11 is 2.60. The normalized spacial score (nSPS) is 11.9. The van der Waals surface area contributed by atoms with Crippen molar-refractivity contribution in [2.75, 3.05) is 0 Å². The number of sulfonamides is 1. The number of imidazole rings is 1. The van der Waals surface area contributed by atoms with E-state index in [1.807, 2.05) is 20.7 Å². The lowest BCUT2D eigenvalue weighted by atomic mass is 10.2. The van der Waals surface area contributed by atoms with Crippen LogP contribution in [-0.4, -0.2) is 29.5 Å². The Morgan fingerprint density at radius 3 is 2.81 bits per heavy atom. The number of Topliss-reactive ketones (excluding diaryl/α,β-unsaturated/α-hetero) is 1. The maximum absolute atomic E-state index is 12.5. The minimum Gasteiger partial charge on any atom is -0.295 e. The Morgan fingerprint density at radius 2 is 2.04 bits per heavy atom. The maximum Gasteiger partial charge on any atom is 0.275 e. The second-order valence-electron chi connectivity index (χ2n) is 5.49. The Morgan fingerprint density at radius 1 is 1.23 bits per heavy atom. The molecule has 1 N–H and O–H groups in total. The molecule has 1 aromatic carbocycles. The first-order chi connectivity index (χ1) is 12.3. The molecule has 3 aromatic heterocycles. The van der Waals surface area contributed by atoms with Crippen molar-refractivity contribution in [2.24, 2.45) is 0 Å². The summed E-state index contributed by atoms with van der Waals surface area (Å²) < 4.78 is 28.8. The van der Waals surface area contributed by atoms with Crippen molar-refractivity contribution < 1.29 is 18.0 Å². The van der Waals surface area contributed by atoms with Crippen molar-refractivity contribution in [3.05, 3.63) is 52.3 Å². The third-order valence-electron chi connectivity index (χ3n) is 3.74. The van der Waals surface area contributed by atoms with Gasteiger partial charge in [-0.25, -0.2) is 18.1 Å². The second kappa shape index (κ2) is 6.01. The highest BCUT2D eigenvalue weighted by Crippen LogP contribution is 2.28. The van der Waals surface area contributed by atoms with Crippen LogP contribution in [0.2, 0.25) is 0 Å². The van der Waals surface area contributed by atoms with E-state index < -0.39 is 15.9 Å². The lowest BCUT2D eigenvalue weighted by Gasteiger charge is -2.06. The zero-order chi connectivity index (χ0) is 18.5. The molecule has 0 unspecified atom stereocenters. The predicted octanol–water partition coefficient (Wildman–Crippen LogP) is 2.93. The Kier molecular flexibility index (Phi) is 3.90. The number of fused-ring (bicyclic) bond motifs is 3. The highest BCUT2D eigenvalue weighted by Gasteiger charge is 2.22. The third kappa shape index (κ3) is 2.81. The molecular formula is C16H11N3O4S3. The van der Waals surface area contributed by atoms with E-state index in [9.17, 15) is 18.0 Å². The van der Waals surface area contributed by atoms with Crippen LogP contribution in [0.3, 0.4) is 0 Å². The van der Waals surface area contributed by atoms with Crippen molar-refractivity contribution in [1.29, 1.82) is 0 Å². The van der Waals surface area contributed by atoms with E-state index in [0.29, 0.717) is 4.83 Å². The molecule has 132 valence electrons. The van der Waals surface area contributed by atoms with Crippen LogP contribution < -0.4 is 4.72 Å². The van der Waals surface area contributed by atoms with Gasteiger partial charge in [0, 0.05) is 17.1 Å². The average Bonchev–Trinajstić information content (AvgIpc) is 3.26. The van der Waals surface area contributed by atoms with Crippen LogP contribution in [0, 0.1) is 0 Å². The number of benzene rings is 1. The Labute approximate surface area is 156 Å². The highest BCUT2D eigenvalue weighted by molar-refractivity contribution is 7.90. The van der Waals surface area contributed by atoms with E-state index >= 15 is 0 Å². The fraction of sp³-hybridized carbons (Fsp3) is 0.0625.